The molecule has 1 atom stereocenters. The molecule has 2 rings (SSSR count). The standard InChI is InChI=1S/C14H15Br2NS/c1-7-5-11(15)8(2)4-10(7)13(17)12-6-9(3)14(16)18-12/h4-6,13H,17H2,1-3H3. The van der Waals surface area contributed by atoms with Gasteiger partial charge in [0.1, 0.15) is 0 Å². The predicted octanol–water partition coefficient (Wildman–Crippen LogP) is 5.25. The second kappa shape index (κ2) is 5.45. The highest BCUT2D eigenvalue weighted by Crippen LogP contribution is 2.35. The molecule has 0 saturated carbocycles. The van der Waals surface area contributed by atoms with Crippen molar-refractivity contribution in [1.82, 2.24) is 0 Å². The van der Waals surface area contributed by atoms with Crippen LogP contribution in [0.25, 0.3) is 0 Å². The molecule has 1 aromatic carbocycles. The van der Waals surface area contributed by atoms with Crippen molar-refractivity contribution < 1.29 is 0 Å². The number of thiophene rings is 1. The van der Waals surface area contributed by atoms with Crippen LogP contribution in [0.5, 0.6) is 0 Å². The van der Waals surface area contributed by atoms with E-state index in [0.717, 1.165) is 4.47 Å². The topological polar surface area (TPSA) is 26.0 Å². The lowest BCUT2D eigenvalue weighted by molar-refractivity contribution is 0.878. The molecule has 0 spiro atoms. The lowest BCUT2D eigenvalue weighted by atomic mass is 9.98. The van der Waals surface area contributed by atoms with E-state index in [9.17, 15) is 0 Å². The zero-order valence-electron chi connectivity index (χ0n) is 10.6. The van der Waals surface area contributed by atoms with Crippen molar-refractivity contribution in [3.05, 3.63) is 53.6 Å². The van der Waals surface area contributed by atoms with E-state index in [1.165, 1.54) is 30.9 Å². The van der Waals surface area contributed by atoms with E-state index in [0.29, 0.717) is 0 Å². The van der Waals surface area contributed by atoms with E-state index in [1.54, 1.807) is 11.3 Å². The van der Waals surface area contributed by atoms with Gasteiger partial charge in [-0.25, -0.2) is 0 Å². The fourth-order valence-electron chi connectivity index (χ4n) is 1.93. The summed E-state index contributed by atoms with van der Waals surface area (Å²) in [4.78, 5) is 1.20. The van der Waals surface area contributed by atoms with Gasteiger partial charge in [-0.05, 0) is 71.1 Å². The molecular formula is C14H15Br2NS. The van der Waals surface area contributed by atoms with Crippen LogP contribution in [-0.2, 0) is 0 Å². The molecule has 4 heteroatoms. The van der Waals surface area contributed by atoms with Gasteiger partial charge in [-0.1, -0.05) is 22.0 Å². The zero-order valence-corrected chi connectivity index (χ0v) is 14.5. The average molecular weight is 389 g/mol. The van der Waals surface area contributed by atoms with Crippen LogP contribution in [-0.4, -0.2) is 0 Å². The number of hydrogen-bond acceptors (Lipinski definition) is 2. The molecule has 1 heterocycles. The summed E-state index contributed by atoms with van der Waals surface area (Å²) in [6.07, 6.45) is 0. The number of halogens is 2. The molecule has 1 unspecified atom stereocenters. The quantitative estimate of drug-likeness (QED) is 0.747. The second-order valence-corrected chi connectivity index (χ2v) is 7.80. The van der Waals surface area contributed by atoms with Crippen LogP contribution >= 0.6 is 43.2 Å². The first-order valence-corrected chi connectivity index (χ1v) is 8.08. The number of aryl methyl sites for hydroxylation is 3. The molecule has 0 aliphatic carbocycles. The van der Waals surface area contributed by atoms with Gasteiger partial charge in [0.15, 0.2) is 0 Å². The van der Waals surface area contributed by atoms with Crippen LogP contribution in [0.3, 0.4) is 0 Å². The van der Waals surface area contributed by atoms with Crippen molar-refractivity contribution in [2.24, 2.45) is 5.73 Å². The van der Waals surface area contributed by atoms with Gasteiger partial charge < -0.3 is 5.73 Å². The maximum Gasteiger partial charge on any atom is 0.0731 e. The Balaban J connectivity index is 2.45. The molecule has 0 aliphatic rings. The van der Waals surface area contributed by atoms with Crippen molar-refractivity contribution in [1.29, 1.82) is 0 Å². The zero-order chi connectivity index (χ0) is 13.4. The predicted molar refractivity (Wildman–Crippen MR) is 86.4 cm³/mol. The van der Waals surface area contributed by atoms with Crippen LogP contribution in [0.4, 0.5) is 0 Å². The molecule has 0 fully saturated rings. The summed E-state index contributed by atoms with van der Waals surface area (Å²) in [5, 5.41) is 0. The molecule has 0 saturated heterocycles. The molecule has 0 radical (unpaired) electrons. The van der Waals surface area contributed by atoms with E-state index < -0.39 is 0 Å². The van der Waals surface area contributed by atoms with Gasteiger partial charge in [0.05, 0.1) is 9.83 Å². The molecule has 2 N–H and O–H groups in total. The van der Waals surface area contributed by atoms with Crippen LogP contribution in [0.1, 0.15) is 33.2 Å². The first-order chi connectivity index (χ1) is 8.40. The summed E-state index contributed by atoms with van der Waals surface area (Å²) in [7, 11) is 0. The Kier molecular flexibility index (Phi) is 4.32. The Bertz CT molecular complexity index is 570. The third-order valence-electron chi connectivity index (χ3n) is 3.07. The Morgan fingerprint density at radius 2 is 1.67 bits per heavy atom. The Morgan fingerprint density at radius 1 is 1.00 bits per heavy atom. The van der Waals surface area contributed by atoms with Crippen molar-refractivity contribution in [2.45, 2.75) is 26.8 Å². The van der Waals surface area contributed by atoms with Gasteiger partial charge >= 0.3 is 0 Å². The van der Waals surface area contributed by atoms with Gasteiger partial charge in [0.25, 0.3) is 0 Å². The molecule has 96 valence electrons. The number of hydrogen-bond donors (Lipinski definition) is 1. The molecule has 2 aromatic rings. The number of nitrogens with two attached hydrogens (primary N) is 1. The molecule has 1 nitrogen and oxygen atoms in total. The van der Waals surface area contributed by atoms with Gasteiger partial charge in [-0.15, -0.1) is 11.3 Å². The number of rotatable bonds is 2. The Labute approximate surface area is 129 Å². The molecule has 1 aromatic heterocycles. The van der Waals surface area contributed by atoms with Crippen LogP contribution in [0, 0.1) is 20.8 Å². The fraction of sp³-hybridized carbons (Fsp3) is 0.286. The van der Waals surface area contributed by atoms with Gasteiger partial charge in [-0.2, -0.15) is 0 Å². The summed E-state index contributed by atoms with van der Waals surface area (Å²) in [5.41, 5.74) is 11.3. The maximum absolute atomic E-state index is 6.39. The van der Waals surface area contributed by atoms with Crippen LogP contribution < -0.4 is 5.73 Å². The summed E-state index contributed by atoms with van der Waals surface area (Å²) in [6, 6.07) is 6.43. The molecule has 18 heavy (non-hydrogen) atoms. The molecule has 0 aliphatic heterocycles. The van der Waals surface area contributed by atoms with E-state index in [-0.39, 0.29) is 6.04 Å². The van der Waals surface area contributed by atoms with Crippen molar-refractivity contribution in [2.75, 3.05) is 0 Å². The average Bonchev–Trinajstić information content (AvgIpc) is 2.63. The van der Waals surface area contributed by atoms with Gasteiger partial charge in [0.2, 0.25) is 0 Å². The molecule has 0 amide bonds. The van der Waals surface area contributed by atoms with Crippen molar-refractivity contribution in [3.8, 4) is 0 Å². The van der Waals surface area contributed by atoms with Crippen LogP contribution in [0.15, 0.2) is 26.5 Å². The van der Waals surface area contributed by atoms with Gasteiger partial charge in [0, 0.05) is 9.35 Å². The Morgan fingerprint density at radius 3 is 2.22 bits per heavy atom. The first kappa shape index (κ1) is 14.3. The fourth-order valence-corrected chi connectivity index (χ4v) is 3.98. The highest BCUT2D eigenvalue weighted by Gasteiger charge is 2.16. The van der Waals surface area contributed by atoms with E-state index in [2.05, 4.69) is 70.8 Å². The monoisotopic (exact) mass is 387 g/mol. The third-order valence-corrected chi connectivity index (χ3v) is 6.14. The minimum absolute atomic E-state index is 0.0493. The summed E-state index contributed by atoms with van der Waals surface area (Å²) in [5.74, 6) is 0. The third kappa shape index (κ3) is 2.72. The van der Waals surface area contributed by atoms with Crippen molar-refractivity contribution >= 4 is 43.2 Å². The molecule has 0 bridgehead atoms. The van der Waals surface area contributed by atoms with E-state index >= 15 is 0 Å². The minimum Gasteiger partial charge on any atom is -0.320 e. The van der Waals surface area contributed by atoms with Crippen LogP contribution in [0.2, 0.25) is 0 Å². The lowest BCUT2D eigenvalue weighted by Gasteiger charge is -2.15. The highest BCUT2D eigenvalue weighted by atomic mass is 79.9. The maximum atomic E-state index is 6.39. The normalized spacial score (nSPS) is 12.8. The summed E-state index contributed by atoms with van der Waals surface area (Å²) < 4.78 is 2.30. The molecular weight excluding hydrogens is 374 g/mol. The lowest BCUT2D eigenvalue weighted by Crippen LogP contribution is -2.12. The first-order valence-electron chi connectivity index (χ1n) is 5.68. The summed E-state index contributed by atoms with van der Waals surface area (Å²) in [6.45, 7) is 6.29. The van der Waals surface area contributed by atoms with Gasteiger partial charge in [-0.3, -0.25) is 0 Å². The van der Waals surface area contributed by atoms with E-state index in [4.69, 9.17) is 5.73 Å². The smallest absolute Gasteiger partial charge is 0.0731 e. The largest absolute Gasteiger partial charge is 0.320 e. The SMILES string of the molecule is Cc1cc(C(N)c2cc(C)c(Br)s2)c(C)cc1Br. The second-order valence-electron chi connectivity index (χ2n) is 4.54. The van der Waals surface area contributed by atoms with Crippen molar-refractivity contribution in [3.63, 3.8) is 0 Å². The highest BCUT2D eigenvalue weighted by molar-refractivity contribution is 9.11. The minimum atomic E-state index is -0.0493. The Hall–Kier alpha value is -0.160. The van der Waals surface area contributed by atoms with E-state index in [1.807, 2.05) is 0 Å². The number of benzene rings is 1. The summed E-state index contributed by atoms with van der Waals surface area (Å²) >= 11 is 8.83.